The highest BCUT2D eigenvalue weighted by molar-refractivity contribution is 5.28. The number of hydrogen-bond donors (Lipinski definition) is 1. The summed E-state index contributed by atoms with van der Waals surface area (Å²) in [7, 11) is 0. The summed E-state index contributed by atoms with van der Waals surface area (Å²) in [6, 6.07) is 8.49. The van der Waals surface area contributed by atoms with Gasteiger partial charge in [0.1, 0.15) is 5.75 Å². The van der Waals surface area contributed by atoms with Gasteiger partial charge in [-0.1, -0.05) is 43.5 Å². The Balaban J connectivity index is 1.65. The summed E-state index contributed by atoms with van der Waals surface area (Å²) in [4.78, 5) is 0. The average molecular weight is 301 g/mol. The number of rotatable bonds is 10. The van der Waals surface area contributed by atoms with Crippen molar-refractivity contribution >= 4 is 0 Å². The Morgan fingerprint density at radius 1 is 1.18 bits per heavy atom. The zero-order chi connectivity index (χ0) is 15.5. The smallest absolute Gasteiger partial charge is 0.119 e. The second-order valence-electron chi connectivity index (χ2n) is 6.24. The van der Waals surface area contributed by atoms with Crippen molar-refractivity contribution in [1.29, 1.82) is 0 Å². The molecule has 0 amide bonds. The molecule has 122 valence electrons. The molecule has 22 heavy (non-hydrogen) atoms. The van der Waals surface area contributed by atoms with Crippen LogP contribution in [-0.4, -0.2) is 13.2 Å². The van der Waals surface area contributed by atoms with Gasteiger partial charge in [0.25, 0.3) is 0 Å². The third kappa shape index (κ3) is 6.65. The van der Waals surface area contributed by atoms with Gasteiger partial charge in [-0.15, -0.1) is 0 Å². The minimum atomic E-state index is 0.832. The molecule has 1 aromatic carbocycles. The van der Waals surface area contributed by atoms with E-state index in [0.29, 0.717) is 0 Å². The molecule has 0 radical (unpaired) electrons. The van der Waals surface area contributed by atoms with Crippen molar-refractivity contribution in [2.45, 2.75) is 64.8 Å². The summed E-state index contributed by atoms with van der Waals surface area (Å²) in [6.07, 6.45) is 12.6. The van der Waals surface area contributed by atoms with Gasteiger partial charge in [-0.3, -0.25) is 0 Å². The predicted octanol–water partition coefficient (Wildman–Crippen LogP) is 5.24. The van der Waals surface area contributed by atoms with Crippen molar-refractivity contribution in [3.05, 3.63) is 41.5 Å². The molecule has 2 rings (SSSR count). The van der Waals surface area contributed by atoms with Crippen molar-refractivity contribution in [1.82, 2.24) is 5.32 Å². The summed E-state index contributed by atoms with van der Waals surface area (Å²) in [6.45, 7) is 5.06. The van der Waals surface area contributed by atoms with Gasteiger partial charge in [0.2, 0.25) is 0 Å². The lowest BCUT2D eigenvalue weighted by Gasteiger charge is -2.13. The van der Waals surface area contributed by atoms with Crippen LogP contribution >= 0.6 is 0 Å². The van der Waals surface area contributed by atoms with Gasteiger partial charge >= 0.3 is 0 Å². The fourth-order valence-corrected chi connectivity index (χ4v) is 2.90. The molecule has 0 spiro atoms. The zero-order valence-corrected chi connectivity index (χ0v) is 14.1. The van der Waals surface area contributed by atoms with Crippen molar-refractivity contribution in [2.24, 2.45) is 0 Å². The van der Waals surface area contributed by atoms with E-state index in [4.69, 9.17) is 4.74 Å². The van der Waals surface area contributed by atoms with E-state index in [2.05, 4.69) is 42.6 Å². The number of unbranched alkanes of at least 4 members (excludes halogenated alkanes) is 2. The summed E-state index contributed by atoms with van der Waals surface area (Å²) in [5.74, 6) is 1.00. The van der Waals surface area contributed by atoms with Crippen LogP contribution < -0.4 is 10.1 Å². The highest BCUT2D eigenvalue weighted by Gasteiger charge is 2.03. The molecule has 2 nitrogen and oxygen atoms in total. The zero-order valence-electron chi connectivity index (χ0n) is 14.1. The van der Waals surface area contributed by atoms with Gasteiger partial charge in [-0.2, -0.15) is 0 Å². The molecule has 0 heterocycles. The lowest BCUT2D eigenvalue weighted by molar-refractivity contribution is 0.306. The van der Waals surface area contributed by atoms with E-state index in [1.54, 1.807) is 5.57 Å². The molecular formula is C20H31NO. The van der Waals surface area contributed by atoms with Gasteiger partial charge in [-0.25, -0.2) is 0 Å². The molecule has 0 bridgehead atoms. The molecule has 0 aromatic heterocycles. The maximum Gasteiger partial charge on any atom is 0.119 e. The van der Waals surface area contributed by atoms with Crippen LogP contribution in [0.4, 0.5) is 0 Å². The summed E-state index contributed by atoms with van der Waals surface area (Å²) < 4.78 is 5.81. The number of ether oxygens (including phenoxy) is 1. The molecule has 1 aromatic rings. The monoisotopic (exact) mass is 301 g/mol. The Morgan fingerprint density at radius 2 is 2.14 bits per heavy atom. The van der Waals surface area contributed by atoms with E-state index in [9.17, 15) is 0 Å². The van der Waals surface area contributed by atoms with Crippen LogP contribution in [0.2, 0.25) is 0 Å². The van der Waals surface area contributed by atoms with Gasteiger partial charge in [-0.05, 0) is 62.8 Å². The Morgan fingerprint density at radius 3 is 2.95 bits per heavy atom. The molecule has 0 fully saturated rings. The highest BCUT2D eigenvalue weighted by Crippen LogP contribution is 2.19. The van der Waals surface area contributed by atoms with E-state index in [1.807, 2.05) is 0 Å². The SMILES string of the molecule is CCCCCOc1cccc(CNCCC2=CCCCC2)c1. The van der Waals surface area contributed by atoms with Gasteiger partial charge < -0.3 is 10.1 Å². The van der Waals surface area contributed by atoms with Crippen molar-refractivity contribution in [3.8, 4) is 5.75 Å². The Hall–Kier alpha value is -1.28. The quantitative estimate of drug-likeness (QED) is 0.471. The van der Waals surface area contributed by atoms with Crippen LogP contribution in [0.15, 0.2) is 35.9 Å². The minimum Gasteiger partial charge on any atom is -0.494 e. The maximum atomic E-state index is 5.81. The molecule has 0 saturated heterocycles. The first kappa shape index (κ1) is 17.1. The Bertz CT molecular complexity index is 453. The van der Waals surface area contributed by atoms with Gasteiger partial charge in [0, 0.05) is 6.54 Å². The fourth-order valence-electron chi connectivity index (χ4n) is 2.90. The van der Waals surface area contributed by atoms with Crippen LogP contribution in [0.1, 0.15) is 63.9 Å². The Kier molecular flexibility index (Phi) is 8.11. The van der Waals surface area contributed by atoms with Crippen molar-refractivity contribution < 1.29 is 4.74 Å². The standard InChI is InChI=1S/C20H31NO/c1-2-3-7-15-22-20-12-8-11-19(16-20)17-21-14-13-18-9-5-4-6-10-18/h8-9,11-12,16,21H,2-7,10,13-15,17H2,1H3. The van der Waals surface area contributed by atoms with Crippen LogP contribution in [0, 0.1) is 0 Å². The lowest BCUT2D eigenvalue weighted by Crippen LogP contribution is -2.15. The second-order valence-corrected chi connectivity index (χ2v) is 6.24. The molecular weight excluding hydrogens is 270 g/mol. The first-order valence-corrected chi connectivity index (χ1v) is 8.99. The molecule has 0 unspecified atom stereocenters. The minimum absolute atomic E-state index is 0.832. The molecule has 1 N–H and O–H groups in total. The number of hydrogen-bond acceptors (Lipinski definition) is 2. The fraction of sp³-hybridized carbons (Fsp3) is 0.600. The molecule has 0 atom stereocenters. The van der Waals surface area contributed by atoms with E-state index in [-0.39, 0.29) is 0 Å². The van der Waals surface area contributed by atoms with Crippen molar-refractivity contribution in [2.75, 3.05) is 13.2 Å². The van der Waals surface area contributed by atoms with Gasteiger partial charge in [0.05, 0.1) is 6.61 Å². The summed E-state index contributed by atoms with van der Waals surface area (Å²) in [5, 5.41) is 3.56. The summed E-state index contributed by atoms with van der Waals surface area (Å²) >= 11 is 0. The van der Waals surface area contributed by atoms with Crippen LogP contribution in [0.25, 0.3) is 0 Å². The number of allylic oxidation sites excluding steroid dienone is 1. The lowest BCUT2D eigenvalue weighted by atomic mass is 9.97. The third-order valence-corrected chi connectivity index (χ3v) is 4.25. The van der Waals surface area contributed by atoms with Crippen molar-refractivity contribution in [3.63, 3.8) is 0 Å². The second kappa shape index (κ2) is 10.4. The average Bonchev–Trinajstić information content (AvgIpc) is 2.57. The van der Waals surface area contributed by atoms with Crippen LogP contribution in [-0.2, 0) is 6.54 Å². The topological polar surface area (TPSA) is 21.3 Å². The van der Waals surface area contributed by atoms with E-state index in [1.165, 1.54) is 50.5 Å². The highest BCUT2D eigenvalue weighted by atomic mass is 16.5. The first-order valence-electron chi connectivity index (χ1n) is 8.99. The molecule has 1 aliphatic rings. The number of nitrogens with one attached hydrogen (secondary N) is 1. The molecule has 0 aliphatic heterocycles. The van der Waals surface area contributed by atoms with E-state index in [0.717, 1.165) is 31.9 Å². The predicted molar refractivity (Wildman–Crippen MR) is 94.3 cm³/mol. The Labute approximate surface area is 136 Å². The largest absolute Gasteiger partial charge is 0.494 e. The molecule has 0 saturated carbocycles. The normalized spacial score (nSPS) is 14.7. The number of benzene rings is 1. The third-order valence-electron chi connectivity index (χ3n) is 4.25. The molecule has 1 aliphatic carbocycles. The van der Waals surface area contributed by atoms with Crippen LogP contribution in [0.5, 0.6) is 5.75 Å². The van der Waals surface area contributed by atoms with E-state index >= 15 is 0 Å². The van der Waals surface area contributed by atoms with Gasteiger partial charge in [0.15, 0.2) is 0 Å². The molecule has 2 heteroatoms. The maximum absolute atomic E-state index is 5.81. The first-order chi connectivity index (χ1) is 10.9. The summed E-state index contributed by atoms with van der Waals surface area (Å²) in [5.41, 5.74) is 2.96. The van der Waals surface area contributed by atoms with E-state index < -0.39 is 0 Å². The van der Waals surface area contributed by atoms with Crippen LogP contribution in [0.3, 0.4) is 0 Å².